The first-order chi connectivity index (χ1) is 9.52. The Kier molecular flexibility index (Phi) is 4.65. The zero-order chi connectivity index (χ0) is 14.6. The number of rotatable bonds is 4. The van der Waals surface area contributed by atoms with E-state index in [0.717, 1.165) is 30.7 Å². The first-order valence-electron chi connectivity index (χ1n) is 6.59. The summed E-state index contributed by atoms with van der Waals surface area (Å²) >= 11 is 0. The molecule has 0 saturated carbocycles. The van der Waals surface area contributed by atoms with Crippen molar-refractivity contribution in [3.05, 3.63) is 41.4 Å². The van der Waals surface area contributed by atoms with E-state index in [4.69, 9.17) is 4.74 Å². The Morgan fingerprint density at radius 2 is 2.20 bits per heavy atom. The first-order valence-corrected chi connectivity index (χ1v) is 6.59. The smallest absolute Gasteiger partial charge is 0.417 e. The van der Waals surface area contributed by atoms with Crippen molar-refractivity contribution in [2.24, 2.45) is 0 Å². The van der Waals surface area contributed by atoms with E-state index in [-0.39, 0.29) is 6.04 Å². The molecule has 1 N–H and O–H groups in total. The Labute approximate surface area is 115 Å². The maximum absolute atomic E-state index is 12.5. The highest BCUT2D eigenvalue weighted by atomic mass is 19.4. The lowest BCUT2D eigenvalue weighted by atomic mass is 9.98. The number of likely N-dealkylation sites (N-methyl/N-ethyl adjacent to an activating group) is 1. The van der Waals surface area contributed by atoms with Crippen molar-refractivity contribution in [2.75, 3.05) is 13.2 Å². The van der Waals surface area contributed by atoms with Crippen LogP contribution in [0, 0.1) is 0 Å². The van der Waals surface area contributed by atoms with Gasteiger partial charge in [-0.25, -0.2) is 0 Å². The maximum Gasteiger partial charge on any atom is 0.417 e. The van der Waals surface area contributed by atoms with Crippen LogP contribution in [0.2, 0.25) is 0 Å². The molecule has 1 aromatic rings. The van der Waals surface area contributed by atoms with Crippen molar-refractivity contribution in [1.29, 1.82) is 0 Å². The van der Waals surface area contributed by atoms with Crippen LogP contribution in [0.1, 0.15) is 37.1 Å². The van der Waals surface area contributed by atoms with E-state index < -0.39 is 11.7 Å². The van der Waals surface area contributed by atoms with Crippen LogP contribution in [0.15, 0.2) is 30.2 Å². The SMILES string of the molecule is CCNC(C1=COCCC1)c1ccc(C(F)(F)F)cn1. The topological polar surface area (TPSA) is 34.1 Å². The molecule has 20 heavy (non-hydrogen) atoms. The highest BCUT2D eigenvalue weighted by Gasteiger charge is 2.31. The van der Waals surface area contributed by atoms with Crippen molar-refractivity contribution in [1.82, 2.24) is 10.3 Å². The van der Waals surface area contributed by atoms with Gasteiger partial charge in [-0.15, -0.1) is 0 Å². The number of alkyl halides is 3. The third-order valence-corrected chi connectivity index (χ3v) is 3.15. The lowest BCUT2D eigenvalue weighted by Gasteiger charge is -2.23. The van der Waals surface area contributed by atoms with Crippen LogP contribution in [0.4, 0.5) is 13.2 Å². The van der Waals surface area contributed by atoms with E-state index in [0.29, 0.717) is 18.8 Å². The summed E-state index contributed by atoms with van der Waals surface area (Å²) in [6.07, 6.45) is -0.0126. The van der Waals surface area contributed by atoms with Gasteiger partial charge in [0.15, 0.2) is 0 Å². The normalized spacial score (nSPS) is 17.3. The van der Waals surface area contributed by atoms with E-state index in [1.165, 1.54) is 6.07 Å². The largest absolute Gasteiger partial charge is 0.501 e. The van der Waals surface area contributed by atoms with Gasteiger partial charge in [0, 0.05) is 6.20 Å². The van der Waals surface area contributed by atoms with Crippen LogP contribution in [-0.2, 0) is 10.9 Å². The molecule has 0 radical (unpaired) electrons. The molecule has 0 fully saturated rings. The van der Waals surface area contributed by atoms with E-state index >= 15 is 0 Å². The van der Waals surface area contributed by atoms with Crippen LogP contribution in [0.3, 0.4) is 0 Å². The lowest BCUT2D eigenvalue weighted by molar-refractivity contribution is -0.137. The zero-order valence-corrected chi connectivity index (χ0v) is 11.2. The van der Waals surface area contributed by atoms with Crippen molar-refractivity contribution >= 4 is 0 Å². The zero-order valence-electron chi connectivity index (χ0n) is 11.2. The van der Waals surface area contributed by atoms with E-state index in [2.05, 4.69) is 10.3 Å². The summed E-state index contributed by atoms with van der Waals surface area (Å²) in [5.41, 5.74) is 0.868. The molecule has 1 aromatic heterocycles. The highest BCUT2D eigenvalue weighted by Crippen LogP contribution is 2.31. The minimum absolute atomic E-state index is 0.192. The van der Waals surface area contributed by atoms with E-state index in [1.807, 2.05) is 6.92 Å². The highest BCUT2D eigenvalue weighted by molar-refractivity contribution is 5.25. The third kappa shape index (κ3) is 3.50. The molecule has 0 bridgehead atoms. The fraction of sp³-hybridized carbons (Fsp3) is 0.500. The fourth-order valence-corrected chi connectivity index (χ4v) is 2.17. The Morgan fingerprint density at radius 1 is 1.40 bits per heavy atom. The van der Waals surface area contributed by atoms with Crippen LogP contribution in [-0.4, -0.2) is 18.1 Å². The van der Waals surface area contributed by atoms with Gasteiger partial charge in [0.2, 0.25) is 0 Å². The fourth-order valence-electron chi connectivity index (χ4n) is 2.17. The summed E-state index contributed by atoms with van der Waals surface area (Å²) in [4.78, 5) is 3.96. The standard InChI is InChI=1S/C14H17F3N2O/c1-2-18-13(10-4-3-7-20-9-10)12-6-5-11(8-19-12)14(15,16)17/h5-6,8-9,13,18H,2-4,7H2,1H3. The predicted molar refractivity (Wildman–Crippen MR) is 68.9 cm³/mol. The predicted octanol–water partition coefficient (Wildman–Crippen LogP) is 3.45. The van der Waals surface area contributed by atoms with Gasteiger partial charge in [0.1, 0.15) is 0 Å². The molecule has 1 aliphatic rings. The molecule has 3 nitrogen and oxygen atoms in total. The number of ether oxygens (including phenoxy) is 1. The molecule has 0 amide bonds. The number of hydrogen-bond acceptors (Lipinski definition) is 3. The molecule has 2 heterocycles. The van der Waals surface area contributed by atoms with Gasteiger partial charge < -0.3 is 10.1 Å². The minimum Gasteiger partial charge on any atom is -0.501 e. The van der Waals surface area contributed by atoms with E-state index in [1.54, 1.807) is 6.26 Å². The maximum atomic E-state index is 12.5. The average molecular weight is 286 g/mol. The Hall–Kier alpha value is -1.56. The Morgan fingerprint density at radius 3 is 2.70 bits per heavy atom. The number of halogens is 3. The molecule has 110 valence electrons. The van der Waals surface area contributed by atoms with Crippen LogP contribution < -0.4 is 5.32 Å². The summed E-state index contributed by atoms with van der Waals surface area (Å²) in [5.74, 6) is 0. The second kappa shape index (κ2) is 6.26. The van der Waals surface area contributed by atoms with Crippen molar-refractivity contribution in [3.63, 3.8) is 0 Å². The van der Waals surface area contributed by atoms with Gasteiger partial charge in [0.05, 0.1) is 30.2 Å². The summed E-state index contributed by atoms with van der Waals surface area (Å²) < 4.78 is 42.9. The van der Waals surface area contributed by atoms with Gasteiger partial charge in [-0.1, -0.05) is 6.92 Å². The Balaban J connectivity index is 2.23. The molecule has 1 aliphatic heterocycles. The van der Waals surface area contributed by atoms with Gasteiger partial charge in [-0.2, -0.15) is 13.2 Å². The summed E-state index contributed by atoms with van der Waals surface area (Å²) in [6, 6.07) is 2.30. The van der Waals surface area contributed by atoms with Gasteiger partial charge in [-0.05, 0) is 37.1 Å². The second-order valence-corrected chi connectivity index (χ2v) is 4.63. The van der Waals surface area contributed by atoms with E-state index in [9.17, 15) is 13.2 Å². The third-order valence-electron chi connectivity index (χ3n) is 3.15. The number of nitrogens with one attached hydrogen (secondary N) is 1. The molecular weight excluding hydrogens is 269 g/mol. The number of aromatic nitrogens is 1. The van der Waals surface area contributed by atoms with Gasteiger partial charge >= 0.3 is 6.18 Å². The molecule has 2 rings (SSSR count). The van der Waals surface area contributed by atoms with Crippen molar-refractivity contribution in [2.45, 2.75) is 32.0 Å². The monoisotopic (exact) mass is 286 g/mol. The molecular formula is C14H17F3N2O. The number of pyridine rings is 1. The molecule has 0 saturated heterocycles. The molecule has 1 unspecified atom stereocenters. The summed E-state index contributed by atoms with van der Waals surface area (Å²) in [7, 11) is 0. The Bertz CT molecular complexity index is 468. The quantitative estimate of drug-likeness (QED) is 0.920. The average Bonchev–Trinajstić information content (AvgIpc) is 2.45. The molecule has 0 spiro atoms. The van der Waals surface area contributed by atoms with Crippen LogP contribution >= 0.6 is 0 Å². The molecule has 0 aliphatic carbocycles. The first kappa shape index (κ1) is 14.8. The van der Waals surface area contributed by atoms with Crippen LogP contribution in [0.5, 0.6) is 0 Å². The van der Waals surface area contributed by atoms with Gasteiger partial charge in [0.25, 0.3) is 0 Å². The number of hydrogen-bond donors (Lipinski definition) is 1. The van der Waals surface area contributed by atoms with Crippen molar-refractivity contribution in [3.8, 4) is 0 Å². The summed E-state index contributed by atoms with van der Waals surface area (Å²) in [6.45, 7) is 3.33. The molecule has 6 heteroatoms. The lowest BCUT2D eigenvalue weighted by Crippen LogP contribution is -2.25. The second-order valence-electron chi connectivity index (χ2n) is 4.63. The van der Waals surface area contributed by atoms with Gasteiger partial charge in [-0.3, -0.25) is 4.98 Å². The molecule has 0 aromatic carbocycles. The minimum atomic E-state index is -4.35. The van der Waals surface area contributed by atoms with Crippen LogP contribution in [0.25, 0.3) is 0 Å². The molecule has 1 atom stereocenters. The summed E-state index contributed by atoms with van der Waals surface area (Å²) in [5, 5.41) is 3.23. The number of nitrogens with zero attached hydrogens (tertiary/aromatic N) is 1. The van der Waals surface area contributed by atoms with Crippen molar-refractivity contribution < 1.29 is 17.9 Å².